The Balaban J connectivity index is 2.20. The summed E-state index contributed by atoms with van der Waals surface area (Å²) >= 11 is 3.27. The molecule has 0 saturated carbocycles. The normalized spacial score (nSPS) is 10.7. The maximum absolute atomic E-state index is 11.4. The van der Waals surface area contributed by atoms with Crippen LogP contribution in [0.5, 0.6) is 0 Å². The monoisotopic (exact) mass is 341 g/mol. The molecule has 0 bridgehead atoms. The summed E-state index contributed by atoms with van der Waals surface area (Å²) in [5, 5.41) is 12.3. The van der Waals surface area contributed by atoms with Crippen LogP contribution in [-0.4, -0.2) is 28.2 Å². The first kappa shape index (κ1) is 16.3. The SMILES string of the molecule is O=C(O)CCCCCC(=O)N/N=C/c1cccnc1Br. The first-order valence-electron chi connectivity index (χ1n) is 6.24. The molecule has 1 aromatic rings. The number of aromatic nitrogens is 1. The Morgan fingerprint density at radius 1 is 1.35 bits per heavy atom. The van der Waals surface area contributed by atoms with Crippen LogP contribution in [0.4, 0.5) is 0 Å². The van der Waals surface area contributed by atoms with E-state index in [9.17, 15) is 9.59 Å². The lowest BCUT2D eigenvalue weighted by molar-refractivity contribution is -0.137. The van der Waals surface area contributed by atoms with E-state index in [0.29, 0.717) is 23.9 Å². The number of nitrogens with one attached hydrogen (secondary N) is 1. The number of carboxylic acids is 1. The summed E-state index contributed by atoms with van der Waals surface area (Å²) in [6, 6.07) is 3.59. The second kappa shape index (κ2) is 9.19. The second-order valence-corrected chi connectivity index (χ2v) is 4.88. The highest BCUT2D eigenvalue weighted by Crippen LogP contribution is 2.09. The van der Waals surface area contributed by atoms with E-state index >= 15 is 0 Å². The van der Waals surface area contributed by atoms with Crippen LogP contribution < -0.4 is 5.43 Å². The van der Waals surface area contributed by atoms with Crippen molar-refractivity contribution in [1.82, 2.24) is 10.4 Å². The quantitative estimate of drug-likeness (QED) is 0.328. The number of carbonyl (C=O) groups is 2. The molecule has 1 amide bonds. The molecule has 108 valence electrons. The summed E-state index contributed by atoms with van der Waals surface area (Å²) in [6.45, 7) is 0. The summed E-state index contributed by atoms with van der Waals surface area (Å²) in [5.41, 5.74) is 3.20. The highest BCUT2D eigenvalue weighted by atomic mass is 79.9. The molecule has 6 nitrogen and oxygen atoms in total. The van der Waals surface area contributed by atoms with Gasteiger partial charge in [-0.2, -0.15) is 5.10 Å². The van der Waals surface area contributed by atoms with Crippen LogP contribution in [0, 0.1) is 0 Å². The molecule has 20 heavy (non-hydrogen) atoms. The van der Waals surface area contributed by atoms with E-state index in [-0.39, 0.29) is 12.3 Å². The molecule has 0 aliphatic rings. The van der Waals surface area contributed by atoms with E-state index in [1.54, 1.807) is 12.3 Å². The zero-order chi connectivity index (χ0) is 14.8. The molecule has 0 saturated heterocycles. The number of carbonyl (C=O) groups excluding carboxylic acids is 1. The third-order valence-electron chi connectivity index (χ3n) is 2.48. The summed E-state index contributed by atoms with van der Waals surface area (Å²) in [6.07, 6.45) is 5.62. The number of unbranched alkanes of at least 4 members (excludes halogenated alkanes) is 2. The van der Waals surface area contributed by atoms with Crippen LogP contribution in [0.25, 0.3) is 0 Å². The van der Waals surface area contributed by atoms with Crippen molar-refractivity contribution in [2.45, 2.75) is 32.1 Å². The van der Waals surface area contributed by atoms with Crippen LogP contribution >= 0.6 is 15.9 Å². The van der Waals surface area contributed by atoms with Gasteiger partial charge >= 0.3 is 5.97 Å². The molecule has 0 aliphatic carbocycles. The molecule has 0 atom stereocenters. The molecule has 0 radical (unpaired) electrons. The zero-order valence-corrected chi connectivity index (χ0v) is 12.5. The molecule has 0 aromatic carbocycles. The molecule has 2 N–H and O–H groups in total. The van der Waals surface area contributed by atoms with E-state index in [1.807, 2.05) is 6.07 Å². The molecule has 0 spiro atoms. The van der Waals surface area contributed by atoms with Crippen molar-refractivity contribution in [3.63, 3.8) is 0 Å². The molecule has 7 heteroatoms. The smallest absolute Gasteiger partial charge is 0.303 e. The van der Waals surface area contributed by atoms with Gasteiger partial charge in [0.05, 0.1) is 6.21 Å². The Hall–Kier alpha value is -1.76. The molecular weight excluding hydrogens is 326 g/mol. The second-order valence-electron chi connectivity index (χ2n) is 4.13. The predicted octanol–water partition coefficient (Wildman–Crippen LogP) is 2.33. The highest BCUT2D eigenvalue weighted by Gasteiger charge is 2.01. The number of hydrogen-bond donors (Lipinski definition) is 2. The van der Waals surface area contributed by atoms with Gasteiger partial charge in [-0.15, -0.1) is 0 Å². The van der Waals surface area contributed by atoms with Crippen molar-refractivity contribution in [3.8, 4) is 0 Å². The van der Waals surface area contributed by atoms with Gasteiger partial charge in [-0.3, -0.25) is 9.59 Å². The number of rotatable bonds is 8. The molecule has 1 rings (SSSR count). The van der Waals surface area contributed by atoms with Crippen LogP contribution in [0.2, 0.25) is 0 Å². The Labute approximate surface area is 125 Å². The number of halogens is 1. The number of hydrazone groups is 1. The predicted molar refractivity (Wildman–Crippen MR) is 78.4 cm³/mol. The zero-order valence-electron chi connectivity index (χ0n) is 10.9. The minimum absolute atomic E-state index is 0.148. The van der Waals surface area contributed by atoms with Crippen molar-refractivity contribution in [2.24, 2.45) is 5.10 Å². The third kappa shape index (κ3) is 6.98. The van der Waals surface area contributed by atoms with Crippen molar-refractivity contribution in [2.75, 3.05) is 0 Å². The largest absolute Gasteiger partial charge is 0.481 e. The van der Waals surface area contributed by atoms with Gasteiger partial charge in [-0.1, -0.05) is 6.42 Å². The van der Waals surface area contributed by atoms with Crippen molar-refractivity contribution in [3.05, 3.63) is 28.5 Å². The van der Waals surface area contributed by atoms with Gasteiger partial charge in [-0.25, -0.2) is 10.4 Å². The van der Waals surface area contributed by atoms with Crippen molar-refractivity contribution >= 4 is 34.0 Å². The van der Waals surface area contributed by atoms with Crippen LogP contribution in [0.3, 0.4) is 0 Å². The number of aliphatic carboxylic acids is 1. The van der Waals surface area contributed by atoms with E-state index in [4.69, 9.17) is 5.11 Å². The fraction of sp³-hybridized carbons (Fsp3) is 0.385. The summed E-state index contributed by atoms with van der Waals surface area (Å²) in [5.74, 6) is -0.988. The van der Waals surface area contributed by atoms with Crippen LogP contribution in [-0.2, 0) is 9.59 Å². The maximum Gasteiger partial charge on any atom is 0.303 e. The highest BCUT2D eigenvalue weighted by molar-refractivity contribution is 9.10. The van der Waals surface area contributed by atoms with E-state index in [2.05, 4.69) is 31.4 Å². The van der Waals surface area contributed by atoms with Gasteiger partial charge in [0.15, 0.2) is 0 Å². The summed E-state index contributed by atoms with van der Waals surface area (Å²) < 4.78 is 0.659. The third-order valence-corrected chi connectivity index (χ3v) is 3.14. The van der Waals surface area contributed by atoms with E-state index in [1.165, 1.54) is 6.21 Å². The number of carboxylic acid groups (broad SMARTS) is 1. The van der Waals surface area contributed by atoms with Gasteiger partial charge in [0, 0.05) is 24.6 Å². The number of hydrogen-bond acceptors (Lipinski definition) is 4. The van der Waals surface area contributed by atoms with Crippen LogP contribution in [0.1, 0.15) is 37.7 Å². The minimum atomic E-state index is -0.805. The number of nitrogens with zero attached hydrogens (tertiary/aromatic N) is 2. The summed E-state index contributed by atoms with van der Waals surface area (Å²) in [7, 11) is 0. The first-order valence-corrected chi connectivity index (χ1v) is 7.03. The lowest BCUT2D eigenvalue weighted by atomic mass is 10.1. The van der Waals surface area contributed by atoms with Crippen molar-refractivity contribution in [1.29, 1.82) is 0 Å². The lowest BCUT2D eigenvalue weighted by Crippen LogP contribution is -2.17. The van der Waals surface area contributed by atoms with Gasteiger partial charge in [0.2, 0.25) is 5.91 Å². The molecule has 0 aliphatic heterocycles. The van der Waals surface area contributed by atoms with E-state index < -0.39 is 5.97 Å². The average Bonchev–Trinajstić information content (AvgIpc) is 2.40. The standard InChI is InChI=1S/C13H16BrN3O3/c14-13-10(5-4-8-15-13)9-16-17-11(18)6-2-1-3-7-12(19)20/h4-5,8-9H,1-3,6-7H2,(H,17,18)(H,19,20)/b16-9+. The number of amides is 1. The average molecular weight is 342 g/mol. The Bertz CT molecular complexity index is 492. The molecule has 0 unspecified atom stereocenters. The molecule has 1 heterocycles. The first-order chi connectivity index (χ1) is 9.59. The fourth-order valence-electron chi connectivity index (χ4n) is 1.46. The van der Waals surface area contributed by atoms with E-state index in [0.717, 1.165) is 12.0 Å². The maximum atomic E-state index is 11.4. The topological polar surface area (TPSA) is 91.6 Å². The summed E-state index contributed by atoms with van der Waals surface area (Å²) in [4.78, 5) is 25.8. The van der Waals surface area contributed by atoms with Crippen molar-refractivity contribution < 1.29 is 14.7 Å². The van der Waals surface area contributed by atoms with Gasteiger partial charge in [0.1, 0.15) is 4.60 Å². The lowest BCUT2D eigenvalue weighted by Gasteiger charge is -2.00. The Morgan fingerprint density at radius 3 is 2.80 bits per heavy atom. The van der Waals surface area contributed by atoms with Gasteiger partial charge < -0.3 is 5.11 Å². The minimum Gasteiger partial charge on any atom is -0.481 e. The van der Waals surface area contributed by atoms with Crippen LogP contribution in [0.15, 0.2) is 28.0 Å². The Morgan fingerprint density at radius 2 is 2.10 bits per heavy atom. The molecule has 1 aromatic heterocycles. The fourth-order valence-corrected chi connectivity index (χ4v) is 1.82. The van der Waals surface area contributed by atoms with Gasteiger partial charge in [-0.05, 0) is 40.9 Å². The number of pyridine rings is 1. The molecular formula is C13H16BrN3O3. The molecule has 0 fully saturated rings. The van der Waals surface area contributed by atoms with Gasteiger partial charge in [0.25, 0.3) is 0 Å². The Kier molecular flexibility index (Phi) is 7.49.